The highest BCUT2D eigenvalue weighted by molar-refractivity contribution is 5.51. The van der Waals surface area contributed by atoms with Gasteiger partial charge in [-0.15, -0.1) is 0 Å². The summed E-state index contributed by atoms with van der Waals surface area (Å²) in [5.41, 5.74) is 3.52. The number of rotatable bonds is 4. The van der Waals surface area contributed by atoms with Gasteiger partial charge in [0.25, 0.3) is 0 Å². The van der Waals surface area contributed by atoms with Gasteiger partial charge < -0.3 is 9.47 Å². The molecule has 0 aromatic heterocycles. The second-order valence-electron chi connectivity index (χ2n) is 5.18. The summed E-state index contributed by atoms with van der Waals surface area (Å²) in [5.74, 6) is 0.942. The molecule has 1 unspecified atom stereocenters. The molecule has 0 spiro atoms. The number of hydrogen-bond donors (Lipinski definition) is 0. The third-order valence-corrected chi connectivity index (χ3v) is 3.86. The molecule has 1 aliphatic carbocycles. The fourth-order valence-electron chi connectivity index (χ4n) is 2.70. The molecule has 1 atom stereocenters. The summed E-state index contributed by atoms with van der Waals surface area (Å²) in [6, 6.07) is 16.4. The summed E-state index contributed by atoms with van der Waals surface area (Å²) >= 11 is 0. The molecule has 2 aromatic carbocycles. The van der Waals surface area contributed by atoms with E-state index in [-0.39, 0.29) is 5.60 Å². The Morgan fingerprint density at radius 3 is 2.58 bits per heavy atom. The van der Waals surface area contributed by atoms with Gasteiger partial charge in [-0.05, 0) is 24.1 Å². The minimum Gasteiger partial charge on any atom is -0.489 e. The van der Waals surface area contributed by atoms with Crippen LogP contribution in [0, 0.1) is 0 Å². The van der Waals surface area contributed by atoms with Crippen molar-refractivity contribution in [3.63, 3.8) is 0 Å². The van der Waals surface area contributed by atoms with Crippen molar-refractivity contribution in [2.24, 2.45) is 0 Å². The predicted molar refractivity (Wildman–Crippen MR) is 75.3 cm³/mol. The summed E-state index contributed by atoms with van der Waals surface area (Å²) < 4.78 is 11.6. The number of benzene rings is 2. The maximum atomic E-state index is 5.97. The SMILES string of the molecule is COC1(C)Cc2cccc(OCc3ccccc3)c21. The third kappa shape index (κ3) is 2.13. The second kappa shape index (κ2) is 4.71. The van der Waals surface area contributed by atoms with Gasteiger partial charge in [0.15, 0.2) is 0 Å². The van der Waals surface area contributed by atoms with E-state index in [1.54, 1.807) is 7.11 Å². The van der Waals surface area contributed by atoms with Gasteiger partial charge >= 0.3 is 0 Å². The average Bonchev–Trinajstić information content (AvgIpc) is 2.44. The normalized spacial score (nSPS) is 20.5. The minimum absolute atomic E-state index is 0.192. The lowest BCUT2D eigenvalue weighted by Gasteiger charge is -2.40. The van der Waals surface area contributed by atoms with Gasteiger partial charge in [0.05, 0.1) is 5.60 Å². The first-order valence-corrected chi connectivity index (χ1v) is 6.57. The average molecular weight is 254 g/mol. The highest BCUT2D eigenvalue weighted by Gasteiger charge is 2.41. The molecule has 1 aliphatic rings. The number of methoxy groups -OCH3 is 1. The molecular formula is C17H18O2. The zero-order chi connectivity index (χ0) is 13.3. The van der Waals surface area contributed by atoms with E-state index < -0.39 is 0 Å². The molecule has 0 saturated carbocycles. The van der Waals surface area contributed by atoms with Crippen molar-refractivity contribution in [2.75, 3.05) is 7.11 Å². The van der Waals surface area contributed by atoms with Crippen LogP contribution in [0.25, 0.3) is 0 Å². The fraction of sp³-hybridized carbons (Fsp3) is 0.294. The first-order chi connectivity index (χ1) is 9.23. The van der Waals surface area contributed by atoms with Crippen LogP contribution in [0.2, 0.25) is 0 Å². The van der Waals surface area contributed by atoms with E-state index >= 15 is 0 Å². The van der Waals surface area contributed by atoms with E-state index in [1.807, 2.05) is 24.3 Å². The Kier molecular flexibility index (Phi) is 3.03. The number of ether oxygens (including phenoxy) is 2. The Bertz CT molecular complexity index is 577. The van der Waals surface area contributed by atoms with Crippen LogP contribution in [0.4, 0.5) is 0 Å². The van der Waals surface area contributed by atoms with Gasteiger partial charge in [0, 0.05) is 19.1 Å². The molecule has 0 bridgehead atoms. The molecule has 0 radical (unpaired) electrons. The topological polar surface area (TPSA) is 18.5 Å². The van der Waals surface area contributed by atoms with Crippen molar-refractivity contribution in [1.29, 1.82) is 0 Å². The number of fused-ring (bicyclic) bond motifs is 1. The lowest BCUT2D eigenvalue weighted by molar-refractivity contribution is -0.0209. The van der Waals surface area contributed by atoms with Crippen LogP contribution in [0.5, 0.6) is 5.75 Å². The molecule has 2 heteroatoms. The first kappa shape index (κ1) is 12.2. The van der Waals surface area contributed by atoms with E-state index in [1.165, 1.54) is 16.7 Å². The second-order valence-corrected chi connectivity index (χ2v) is 5.18. The molecular weight excluding hydrogens is 236 g/mol. The summed E-state index contributed by atoms with van der Waals surface area (Å²) in [6.45, 7) is 2.71. The summed E-state index contributed by atoms with van der Waals surface area (Å²) in [5, 5.41) is 0. The van der Waals surface area contributed by atoms with Gasteiger partial charge in [-0.2, -0.15) is 0 Å². The van der Waals surface area contributed by atoms with Crippen molar-refractivity contribution >= 4 is 0 Å². The molecule has 98 valence electrons. The van der Waals surface area contributed by atoms with Crippen LogP contribution >= 0.6 is 0 Å². The molecule has 2 aromatic rings. The predicted octanol–water partition coefficient (Wildman–Crippen LogP) is 3.68. The van der Waals surface area contributed by atoms with Gasteiger partial charge in [-0.3, -0.25) is 0 Å². The Hall–Kier alpha value is -1.80. The van der Waals surface area contributed by atoms with Gasteiger partial charge in [-0.25, -0.2) is 0 Å². The third-order valence-electron chi connectivity index (χ3n) is 3.86. The van der Waals surface area contributed by atoms with Crippen molar-refractivity contribution in [3.05, 3.63) is 65.2 Å². The highest BCUT2D eigenvalue weighted by Crippen LogP contribution is 2.46. The minimum atomic E-state index is -0.192. The Morgan fingerprint density at radius 1 is 1.05 bits per heavy atom. The van der Waals surface area contributed by atoms with Crippen LogP contribution in [-0.4, -0.2) is 7.11 Å². The maximum absolute atomic E-state index is 5.97. The van der Waals surface area contributed by atoms with Crippen LogP contribution < -0.4 is 4.74 Å². The van der Waals surface area contributed by atoms with Crippen LogP contribution in [0.3, 0.4) is 0 Å². The van der Waals surface area contributed by atoms with Crippen LogP contribution in [-0.2, 0) is 23.4 Å². The molecule has 0 aliphatic heterocycles. The molecule has 0 heterocycles. The van der Waals surface area contributed by atoms with E-state index in [4.69, 9.17) is 9.47 Å². The monoisotopic (exact) mass is 254 g/mol. The fourth-order valence-corrected chi connectivity index (χ4v) is 2.70. The zero-order valence-electron chi connectivity index (χ0n) is 11.3. The van der Waals surface area contributed by atoms with E-state index in [9.17, 15) is 0 Å². The molecule has 0 saturated heterocycles. The van der Waals surface area contributed by atoms with E-state index in [2.05, 4.69) is 31.2 Å². The molecule has 2 nitrogen and oxygen atoms in total. The van der Waals surface area contributed by atoms with Gasteiger partial charge in [-0.1, -0.05) is 42.5 Å². The summed E-state index contributed by atoms with van der Waals surface area (Å²) in [6.07, 6.45) is 0.960. The van der Waals surface area contributed by atoms with Crippen molar-refractivity contribution in [3.8, 4) is 5.75 Å². The molecule has 0 N–H and O–H groups in total. The van der Waals surface area contributed by atoms with Crippen LogP contribution in [0.15, 0.2) is 48.5 Å². The summed E-state index contributed by atoms with van der Waals surface area (Å²) in [7, 11) is 1.76. The lowest BCUT2D eigenvalue weighted by Crippen LogP contribution is -2.38. The van der Waals surface area contributed by atoms with Crippen molar-refractivity contribution in [1.82, 2.24) is 0 Å². The van der Waals surface area contributed by atoms with Crippen molar-refractivity contribution in [2.45, 2.75) is 25.6 Å². The zero-order valence-corrected chi connectivity index (χ0v) is 11.3. The Balaban J connectivity index is 1.81. The molecule has 19 heavy (non-hydrogen) atoms. The first-order valence-electron chi connectivity index (χ1n) is 6.57. The van der Waals surface area contributed by atoms with E-state index in [0.717, 1.165) is 12.2 Å². The van der Waals surface area contributed by atoms with Gasteiger partial charge in [0.2, 0.25) is 0 Å². The van der Waals surface area contributed by atoms with Crippen LogP contribution in [0.1, 0.15) is 23.6 Å². The smallest absolute Gasteiger partial charge is 0.126 e. The maximum Gasteiger partial charge on any atom is 0.126 e. The van der Waals surface area contributed by atoms with Gasteiger partial charge in [0.1, 0.15) is 12.4 Å². The quantitative estimate of drug-likeness (QED) is 0.828. The number of hydrogen-bond acceptors (Lipinski definition) is 2. The molecule has 3 rings (SSSR count). The standard InChI is InChI=1S/C17H18O2/c1-17(18-2)11-14-9-6-10-15(16(14)17)19-12-13-7-4-3-5-8-13/h3-10H,11-12H2,1-2H3. The molecule has 0 fully saturated rings. The lowest BCUT2D eigenvalue weighted by atomic mass is 9.74. The highest BCUT2D eigenvalue weighted by atomic mass is 16.5. The Morgan fingerprint density at radius 2 is 1.84 bits per heavy atom. The molecule has 0 amide bonds. The Labute approximate surface area is 114 Å². The largest absolute Gasteiger partial charge is 0.489 e. The summed E-state index contributed by atoms with van der Waals surface area (Å²) in [4.78, 5) is 0. The van der Waals surface area contributed by atoms with E-state index in [0.29, 0.717) is 6.61 Å². The van der Waals surface area contributed by atoms with Crippen molar-refractivity contribution < 1.29 is 9.47 Å².